The van der Waals surface area contributed by atoms with E-state index >= 15 is 0 Å². The molecule has 0 spiro atoms. The number of nitro benzene ring substituents is 1. The van der Waals surface area contributed by atoms with Gasteiger partial charge in [-0.15, -0.1) is 0 Å². The smallest absolute Gasteiger partial charge is 0.269 e. The van der Waals surface area contributed by atoms with Crippen LogP contribution in [0, 0.1) is 27.9 Å². The van der Waals surface area contributed by atoms with Gasteiger partial charge in [-0.2, -0.15) is 0 Å². The second kappa shape index (κ2) is 20.4. The van der Waals surface area contributed by atoms with Gasteiger partial charge in [0.25, 0.3) is 5.69 Å². The molecular formula is C37H62N6O8. The fraction of sp³-hybridized carbons (Fsp3) is 0.730. The number of carbonyl (C=O) groups is 4. The first-order valence-electron chi connectivity index (χ1n) is 18.0. The lowest BCUT2D eigenvalue weighted by Crippen LogP contribution is -2.55. The summed E-state index contributed by atoms with van der Waals surface area (Å²) < 4.78 is 11.8. The van der Waals surface area contributed by atoms with Crippen LogP contribution in [0.15, 0.2) is 24.3 Å². The van der Waals surface area contributed by atoms with Gasteiger partial charge in [0, 0.05) is 53.5 Å². The molecule has 2 rings (SSSR count). The summed E-state index contributed by atoms with van der Waals surface area (Å²) in [5, 5.41) is 13.8. The Labute approximate surface area is 304 Å². The van der Waals surface area contributed by atoms with Crippen LogP contribution in [0.5, 0.6) is 0 Å². The molecule has 1 aromatic rings. The van der Waals surface area contributed by atoms with Crippen molar-refractivity contribution in [3.05, 3.63) is 39.9 Å². The molecule has 288 valence electrons. The number of hydrogen-bond donors (Lipinski definition) is 1. The van der Waals surface area contributed by atoms with Gasteiger partial charge < -0.3 is 29.5 Å². The molecule has 1 heterocycles. The van der Waals surface area contributed by atoms with E-state index in [1.807, 2.05) is 53.6 Å². The number of nitrogens with one attached hydrogen (secondary N) is 1. The van der Waals surface area contributed by atoms with Crippen LogP contribution < -0.4 is 5.32 Å². The Bertz CT molecular complexity index is 1300. The Balaban J connectivity index is 2.13. The SMILES string of the molecule is CCC(C)C(C(CC(=O)N1CCCC1C(OC)C(C)C(=O)N(C)CCc1ccc([N+](=O)[O-])cc1)OC)N(C)C(=O)CNC(=O)C(C(C)C)N(C)C. The molecule has 51 heavy (non-hydrogen) atoms. The van der Waals surface area contributed by atoms with Crippen molar-refractivity contribution < 1.29 is 33.6 Å². The van der Waals surface area contributed by atoms with Gasteiger partial charge in [-0.05, 0) is 50.8 Å². The lowest BCUT2D eigenvalue weighted by molar-refractivity contribution is -0.384. The Kier molecular flexibility index (Phi) is 17.4. The minimum Gasteiger partial charge on any atom is -0.379 e. The van der Waals surface area contributed by atoms with Crippen molar-refractivity contribution >= 4 is 29.3 Å². The average Bonchev–Trinajstić information content (AvgIpc) is 3.58. The zero-order chi connectivity index (χ0) is 38.6. The second-order valence-electron chi connectivity index (χ2n) is 14.4. The number of nitrogens with zero attached hydrogens (tertiary/aromatic N) is 5. The molecule has 0 radical (unpaired) electrons. The Morgan fingerprint density at radius 2 is 1.65 bits per heavy atom. The number of amides is 4. The highest BCUT2D eigenvalue weighted by molar-refractivity contribution is 5.87. The number of likely N-dealkylation sites (tertiary alicyclic amines) is 1. The predicted octanol–water partition coefficient (Wildman–Crippen LogP) is 3.22. The number of hydrogen-bond acceptors (Lipinski definition) is 9. The second-order valence-corrected chi connectivity index (χ2v) is 14.4. The Morgan fingerprint density at radius 3 is 2.16 bits per heavy atom. The molecule has 1 aliphatic rings. The van der Waals surface area contributed by atoms with Crippen molar-refractivity contribution in [2.24, 2.45) is 17.8 Å². The molecule has 14 nitrogen and oxygen atoms in total. The van der Waals surface area contributed by atoms with Crippen LogP contribution in [0.2, 0.25) is 0 Å². The lowest BCUT2D eigenvalue weighted by atomic mass is 9.90. The zero-order valence-electron chi connectivity index (χ0n) is 32.6. The van der Waals surface area contributed by atoms with E-state index in [0.717, 1.165) is 18.4 Å². The fourth-order valence-corrected chi connectivity index (χ4v) is 7.38. The number of rotatable bonds is 20. The van der Waals surface area contributed by atoms with Gasteiger partial charge in [0.05, 0.1) is 54.1 Å². The molecule has 1 saturated heterocycles. The highest BCUT2D eigenvalue weighted by atomic mass is 16.6. The normalized spacial score (nSPS) is 18.1. The topological polar surface area (TPSA) is 155 Å². The molecule has 0 aromatic heterocycles. The molecule has 0 bridgehead atoms. The van der Waals surface area contributed by atoms with Crippen molar-refractivity contribution in [3.63, 3.8) is 0 Å². The number of methoxy groups -OCH3 is 2. The van der Waals surface area contributed by atoms with Crippen LogP contribution in [0.1, 0.15) is 65.9 Å². The van der Waals surface area contributed by atoms with E-state index in [2.05, 4.69) is 5.32 Å². The van der Waals surface area contributed by atoms with Crippen molar-refractivity contribution in [1.29, 1.82) is 0 Å². The Hall–Kier alpha value is -3.62. The fourth-order valence-electron chi connectivity index (χ4n) is 7.38. The summed E-state index contributed by atoms with van der Waals surface area (Å²) in [7, 11) is 10.2. The van der Waals surface area contributed by atoms with Gasteiger partial charge in [0.15, 0.2) is 0 Å². The van der Waals surface area contributed by atoms with Crippen molar-refractivity contribution in [2.45, 2.75) is 97.1 Å². The van der Waals surface area contributed by atoms with Crippen molar-refractivity contribution in [2.75, 3.05) is 62.0 Å². The molecule has 1 aliphatic heterocycles. The molecule has 7 atom stereocenters. The predicted molar refractivity (Wildman–Crippen MR) is 196 cm³/mol. The first-order chi connectivity index (χ1) is 24.0. The maximum Gasteiger partial charge on any atom is 0.269 e. The molecule has 1 aromatic carbocycles. The van der Waals surface area contributed by atoms with Crippen LogP contribution in [0.3, 0.4) is 0 Å². The third-order valence-electron chi connectivity index (χ3n) is 10.4. The number of benzene rings is 1. The lowest BCUT2D eigenvalue weighted by Gasteiger charge is -2.39. The van der Waals surface area contributed by atoms with Crippen LogP contribution in [0.25, 0.3) is 0 Å². The molecule has 7 unspecified atom stereocenters. The van der Waals surface area contributed by atoms with Gasteiger partial charge in [0.2, 0.25) is 23.6 Å². The van der Waals surface area contributed by atoms with Crippen LogP contribution in [-0.4, -0.2) is 141 Å². The van der Waals surface area contributed by atoms with E-state index in [4.69, 9.17) is 9.47 Å². The van der Waals surface area contributed by atoms with Gasteiger partial charge in [-0.3, -0.25) is 34.2 Å². The quantitative estimate of drug-likeness (QED) is 0.158. The third kappa shape index (κ3) is 11.7. The van der Waals surface area contributed by atoms with Crippen LogP contribution >= 0.6 is 0 Å². The van der Waals surface area contributed by atoms with E-state index in [1.165, 1.54) is 12.1 Å². The highest BCUT2D eigenvalue weighted by Gasteiger charge is 2.42. The van der Waals surface area contributed by atoms with E-state index < -0.39 is 29.1 Å². The monoisotopic (exact) mass is 718 g/mol. The standard InChI is InChI=1S/C37H62N6O8/c1-12-25(4)34(41(9)32(45)23-38-36(46)33(24(2)3)39(6)7)30(50-10)22-31(44)42-20-13-14-29(42)35(51-11)26(5)37(47)40(8)21-19-27-15-17-28(18-16-27)43(48)49/h15-18,24-26,29-30,33-35H,12-14,19-23H2,1-11H3,(H,38,46). The average molecular weight is 719 g/mol. The van der Waals surface area contributed by atoms with Crippen molar-refractivity contribution in [1.82, 2.24) is 24.9 Å². The highest BCUT2D eigenvalue weighted by Crippen LogP contribution is 2.30. The van der Waals surface area contributed by atoms with E-state index in [-0.39, 0.29) is 66.2 Å². The summed E-state index contributed by atoms with van der Waals surface area (Å²) in [4.78, 5) is 71.3. The molecular weight excluding hydrogens is 656 g/mol. The van der Waals surface area contributed by atoms with Crippen molar-refractivity contribution in [3.8, 4) is 0 Å². The molecule has 4 amide bonds. The largest absolute Gasteiger partial charge is 0.379 e. The maximum absolute atomic E-state index is 14.0. The summed E-state index contributed by atoms with van der Waals surface area (Å²) in [6.45, 7) is 10.6. The van der Waals surface area contributed by atoms with Gasteiger partial charge in [0.1, 0.15) is 0 Å². The zero-order valence-corrected chi connectivity index (χ0v) is 32.6. The number of likely N-dealkylation sites (N-methyl/N-ethyl adjacent to an activating group) is 3. The Morgan fingerprint density at radius 1 is 1.02 bits per heavy atom. The minimum absolute atomic E-state index is 0.00197. The summed E-state index contributed by atoms with van der Waals surface area (Å²) in [6, 6.07) is 5.18. The molecule has 1 fully saturated rings. The van der Waals surface area contributed by atoms with Gasteiger partial charge in [-0.25, -0.2) is 0 Å². The van der Waals surface area contributed by atoms with E-state index in [9.17, 15) is 29.3 Å². The number of nitro groups is 1. The molecule has 14 heteroatoms. The van der Waals surface area contributed by atoms with Gasteiger partial charge in [-0.1, -0.05) is 53.2 Å². The van der Waals surface area contributed by atoms with E-state index in [1.54, 1.807) is 55.1 Å². The van der Waals surface area contributed by atoms with Crippen LogP contribution in [0.4, 0.5) is 5.69 Å². The summed E-state index contributed by atoms with van der Waals surface area (Å²) in [5.74, 6) is -1.22. The number of non-ortho nitro benzene ring substituents is 1. The summed E-state index contributed by atoms with van der Waals surface area (Å²) in [6.07, 6.45) is 1.62. The van der Waals surface area contributed by atoms with Crippen LogP contribution in [-0.2, 0) is 35.1 Å². The first-order valence-corrected chi connectivity index (χ1v) is 18.0. The summed E-state index contributed by atoms with van der Waals surface area (Å²) in [5.41, 5.74) is 0.900. The van der Waals surface area contributed by atoms with Gasteiger partial charge >= 0.3 is 0 Å². The summed E-state index contributed by atoms with van der Waals surface area (Å²) >= 11 is 0. The third-order valence-corrected chi connectivity index (χ3v) is 10.4. The number of ether oxygens (including phenoxy) is 2. The minimum atomic E-state index is -0.603. The first kappa shape index (κ1) is 43.5. The maximum atomic E-state index is 14.0. The number of carbonyl (C=O) groups excluding carboxylic acids is 4. The molecule has 1 N–H and O–H groups in total. The molecule has 0 aliphatic carbocycles. The van der Waals surface area contributed by atoms with E-state index in [0.29, 0.717) is 25.9 Å². The molecule has 0 saturated carbocycles.